The van der Waals surface area contributed by atoms with Gasteiger partial charge in [0.25, 0.3) is 0 Å². The van der Waals surface area contributed by atoms with Gasteiger partial charge in [0.1, 0.15) is 16.4 Å². The minimum atomic E-state index is -0.503. The van der Waals surface area contributed by atoms with Gasteiger partial charge in [-0.3, -0.25) is 0 Å². The largest absolute Gasteiger partial charge is 0.496 e. The van der Waals surface area contributed by atoms with E-state index in [0.717, 1.165) is 11.3 Å². The van der Waals surface area contributed by atoms with E-state index in [0.29, 0.717) is 16.2 Å². The molecule has 1 heterocycles. The lowest BCUT2D eigenvalue weighted by atomic mass is 10.1. The number of halogens is 1. The Morgan fingerprint density at radius 2 is 2.20 bits per heavy atom. The first-order valence-electron chi connectivity index (χ1n) is 5.97. The second kappa shape index (κ2) is 5.92. The number of nitrogen functional groups attached to an aromatic ring is 1. The van der Waals surface area contributed by atoms with Gasteiger partial charge in [0, 0.05) is 4.88 Å². The molecule has 0 spiro atoms. The number of ether oxygens (including phenoxy) is 2. The summed E-state index contributed by atoms with van der Waals surface area (Å²) in [7, 11) is 1.46. The van der Waals surface area contributed by atoms with Gasteiger partial charge in [0.15, 0.2) is 0 Å². The Bertz CT molecular complexity index is 639. The zero-order valence-electron chi connectivity index (χ0n) is 11.1. The predicted molar refractivity (Wildman–Crippen MR) is 76.6 cm³/mol. The maximum Gasteiger partial charge on any atom is 0.350 e. The third-order valence-electron chi connectivity index (χ3n) is 2.66. The summed E-state index contributed by atoms with van der Waals surface area (Å²) in [6.45, 7) is 1.97. The summed E-state index contributed by atoms with van der Waals surface area (Å²) in [6, 6.07) is 6.09. The van der Waals surface area contributed by atoms with Crippen molar-refractivity contribution in [1.82, 2.24) is 0 Å². The van der Waals surface area contributed by atoms with Crippen molar-refractivity contribution in [2.45, 2.75) is 6.92 Å². The molecule has 1 aromatic carbocycles. The Kier molecular flexibility index (Phi) is 4.24. The fourth-order valence-corrected chi connectivity index (χ4v) is 2.82. The van der Waals surface area contributed by atoms with E-state index in [1.54, 1.807) is 25.1 Å². The molecule has 0 saturated heterocycles. The van der Waals surface area contributed by atoms with Gasteiger partial charge in [0.05, 0.1) is 25.0 Å². The van der Waals surface area contributed by atoms with Crippen LogP contribution in [0.25, 0.3) is 10.4 Å². The first-order chi connectivity index (χ1) is 9.58. The molecule has 2 aromatic rings. The molecule has 0 fully saturated rings. The highest BCUT2D eigenvalue weighted by molar-refractivity contribution is 7.18. The smallest absolute Gasteiger partial charge is 0.350 e. The summed E-state index contributed by atoms with van der Waals surface area (Å²) in [5, 5.41) is 0. The molecule has 1 aromatic heterocycles. The van der Waals surface area contributed by atoms with Gasteiger partial charge in [-0.05, 0) is 25.1 Å². The Labute approximate surface area is 119 Å². The quantitative estimate of drug-likeness (QED) is 0.879. The molecule has 0 amide bonds. The lowest BCUT2D eigenvalue weighted by molar-refractivity contribution is 0.0533. The summed E-state index contributed by atoms with van der Waals surface area (Å²) < 4.78 is 24.0. The molecule has 20 heavy (non-hydrogen) atoms. The maximum absolute atomic E-state index is 14.0. The molecular weight excluding hydrogens is 281 g/mol. The van der Waals surface area contributed by atoms with Crippen LogP contribution in [0.3, 0.4) is 0 Å². The second-order valence-corrected chi connectivity index (χ2v) is 4.98. The minimum Gasteiger partial charge on any atom is -0.496 e. The highest BCUT2D eigenvalue weighted by Gasteiger charge is 2.20. The third-order valence-corrected chi connectivity index (χ3v) is 3.81. The van der Waals surface area contributed by atoms with Gasteiger partial charge < -0.3 is 15.2 Å². The number of rotatable bonds is 4. The van der Waals surface area contributed by atoms with E-state index in [1.165, 1.54) is 13.2 Å². The number of benzene rings is 1. The number of thiophene rings is 1. The Balaban J connectivity index is 2.50. The number of anilines is 1. The van der Waals surface area contributed by atoms with Crippen LogP contribution < -0.4 is 10.5 Å². The molecule has 4 nitrogen and oxygen atoms in total. The summed E-state index contributed by atoms with van der Waals surface area (Å²) in [4.78, 5) is 12.5. The number of carbonyl (C=O) groups is 1. The van der Waals surface area contributed by atoms with Gasteiger partial charge in [-0.1, -0.05) is 6.07 Å². The average molecular weight is 295 g/mol. The summed E-state index contributed by atoms with van der Waals surface area (Å²) >= 11 is 1.08. The molecule has 0 aliphatic carbocycles. The molecule has 0 saturated carbocycles. The molecule has 6 heteroatoms. The van der Waals surface area contributed by atoms with Crippen LogP contribution >= 0.6 is 11.3 Å². The van der Waals surface area contributed by atoms with Crippen molar-refractivity contribution in [3.63, 3.8) is 0 Å². The normalized spacial score (nSPS) is 10.3. The highest BCUT2D eigenvalue weighted by atomic mass is 32.1. The topological polar surface area (TPSA) is 61.5 Å². The Hall–Kier alpha value is -2.08. The molecule has 106 valence electrons. The van der Waals surface area contributed by atoms with Crippen LogP contribution in [0, 0.1) is 5.82 Å². The fraction of sp³-hybridized carbons (Fsp3) is 0.214. The van der Waals surface area contributed by atoms with Gasteiger partial charge in [-0.2, -0.15) is 0 Å². The van der Waals surface area contributed by atoms with Crippen LogP contribution in [0.2, 0.25) is 0 Å². The van der Waals surface area contributed by atoms with Gasteiger partial charge in [-0.15, -0.1) is 11.3 Å². The van der Waals surface area contributed by atoms with Crippen molar-refractivity contribution in [2.75, 3.05) is 19.5 Å². The van der Waals surface area contributed by atoms with Crippen molar-refractivity contribution in [2.24, 2.45) is 0 Å². The van der Waals surface area contributed by atoms with E-state index in [2.05, 4.69) is 0 Å². The molecule has 0 aliphatic rings. The molecule has 0 atom stereocenters. The lowest BCUT2D eigenvalue weighted by Crippen LogP contribution is -2.04. The van der Waals surface area contributed by atoms with Crippen LogP contribution in [0.15, 0.2) is 24.3 Å². The number of hydrogen-bond acceptors (Lipinski definition) is 5. The molecule has 0 unspecified atom stereocenters. The van der Waals surface area contributed by atoms with E-state index >= 15 is 0 Å². The van der Waals surface area contributed by atoms with Crippen LogP contribution in [-0.2, 0) is 4.74 Å². The molecule has 2 N–H and O–H groups in total. The molecule has 0 bridgehead atoms. The van der Waals surface area contributed by atoms with Crippen molar-refractivity contribution < 1.29 is 18.7 Å². The van der Waals surface area contributed by atoms with Crippen molar-refractivity contribution >= 4 is 23.0 Å². The summed E-state index contributed by atoms with van der Waals surface area (Å²) in [5.74, 6) is -0.542. The zero-order valence-corrected chi connectivity index (χ0v) is 11.9. The van der Waals surface area contributed by atoms with E-state index in [4.69, 9.17) is 15.2 Å². The third kappa shape index (κ3) is 2.60. The van der Waals surface area contributed by atoms with Crippen molar-refractivity contribution in [3.8, 4) is 16.2 Å². The number of esters is 1. The molecule has 0 radical (unpaired) electrons. The SMILES string of the molecule is CCOC(=O)c1sc(-c2c(F)cccc2OC)cc1N. The van der Waals surface area contributed by atoms with Crippen LogP contribution in [0.4, 0.5) is 10.1 Å². The standard InChI is InChI=1S/C14H14FNO3S/c1-3-19-14(17)13-9(16)7-11(20-13)12-8(15)5-4-6-10(12)18-2/h4-7H,3,16H2,1-2H3. The van der Waals surface area contributed by atoms with E-state index < -0.39 is 11.8 Å². The number of hydrogen-bond donors (Lipinski definition) is 1. The number of nitrogens with two attached hydrogens (primary N) is 1. The molecule has 0 aliphatic heterocycles. The highest BCUT2D eigenvalue weighted by Crippen LogP contribution is 2.39. The lowest BCUT2D eigenvalue weighted by Gasteiger charge is -2.07. The summed E-state index contributed by atoms with van der Waals surface area (Å²) in [5.41, 5.74) is 6.36. The van der Waals surface area contributed by atoms with Crippen molar-refractivity contribution in [1.29, 1.82) is 0 Å². The van der Waals surface area contributed by atoms with Gasteiger partial charge in [-0.25, -0.2) is 9.18 Å². The number of carbonyl (C=O) groups excluding carboxylic acids is 1. The van der Waals surface area contributed by atoms with Crippen molar-refractivity contribution in [3.05, 3.63) is 35.0 Å². The van der Waals surface area contributed by atoms with E-state index in [9.17, 15) is 9.18 Å². The first kappa shape index (κ1) is 14.3. The fourth-order valence-electron chi connectivity index (χ4n) is 1.80. The Morgan fingerprint density at radius 1 is 1.45 bits per heavy atom. The van der Waals surface area contributed by atoms with Crippen LogP contribution in [0.1, 0.15) is 16.6 Å². The Morgan fingerprint density at radius 3 is 2.85 bits per heavy atom. The average Bonchev–Trinajstić information content (AvgIpc) is 2.80. The maximum atomic E-state index is 14.0. The van der Waals surface area contributed by atoms with Gasteiger partial charge in [0.2, 0.25) is 0 Å². The second-order valence-electron chi connectivity index (χ2n) is 3.93. The monoisotopic (exact) mass is 295 g/mol. The van der Waals surface area contributed by atoms with Crippen LogP contribution in [0.5, 0.6) is 5.75 Å². The number of methoxy groups -OCH3 is 1. The first-order valence-corrected chi connectivity index (χ1v) is 6.79. The molecule has 2 rings (SSSR count). The van der Waals surface area contributed by atoms with Gasteiger partial charge >= 0.3 is 5.97 Å². The molecular formula is C14H14FNO3S. The summed E-state index contributed by atoms with van der Waals surface area (Å²) in [6.07, 6.45) is 0. The van der Waals surface area contributed by atoms with Crippen LogP contribution in [-0.4, -0.2) is 19.7 Å². The zero-order chi connectivity index (χ0) is 14.7. The van der Waals surface area contributed by atoms with E-state index in [1.807, 2.05) is 0 Å². The minimum absolute atomic E-state index is 0.258. The predicted octanol–water partition coefficient (Wildman–Crippen LogP) is 3.32. The van der Waals surface area contributed by atoms with E-state index in [-0.39, 0.29) is 17.2 Å².